The summed E-state index contributed by atoms with van der Waals surface area (Å²) in [7, 11) is 0. The Morgan fingerprint density at radius 2 is 2.19 bits per heavy atom. The first-order chi connectivity index (χ1) is 9.88. The third kappa shape index (κ3) is 3.64. The van der Waals surface area contributed by atoms with Crippen LogP contribution in [0.3, 0.4) is 0 Å². The summed E-state index contributed by atoms with van der Waals surface area (Å²) < 4.78 is 15.6. The van der Waals surface area contributed by atoms with E-state index in [-0.39, 0.29) is 11.6 Å². The second-order valence-electron chi connectivity index (χ2n) is 5.06. The Balaban J connectivity index is 2.51. The molecule has 1 aromatic carbocycles. The monoisotopic (exact) mass is 308 g/mol. The molecule has 0 aliphatic rings. The molecule has 2 rings (SSSR count). The van der Waals surface area contributed by atoms with Crippen LogP contribution < -0.4 is 0 Å². The second-order valence-corrected chi connectivity index (χ2v) is 6.00. The van der Waals surface area contributed by atoms with Gasteiger partial charge < -0.3 is 9.67 Å². The van der Waals surface area contributed by atoms with Gasteiger partial charge in [-0.1, -0.05) is 23.4 Å². The van der Waals surface area contributed by atoms with Crippen molar-refractivity contribution in [3.05, 3.63) is 35.2 Å². The zero-order chi connectivity index (χ0) is 15.6. The molecular formula is C15H17FN2O2S. The van der Waals surface area contributed by atoms with E-state index in [0.29, 0.717) is 22.8 Å². The fraction of sp³-hybridized carbons (Fsp3) is 0.333. The molecule has 0 saturated heterocycles. The van der Waals surface area contributed by atoms with E-state index in [2.05, 4.69) is 4.98 Å². The number of aliphatic carboxylic acids is 1. The van der Waals surface area contributed by atoms with Crippen molar-refractivity contribution in [3.63, 3.8) is 0 Å². The minimum absolute atomic E-state index is 0.0698. The van der Waals surface area contributed by atoms with Crippen LogP contribution in [0.5, 0.6) is 0 Å². The molecule has 1 heterocycles. The first-order valence-corrected chi connectivity index (χ1v) is 7.51. The molecular weight excluding hydrogens is 291 g/mol. The summed E-state index contributed by atoms with van der Waals surface area (Å²) in [6.07, 6.45) is 2.03. The minimum atomic E-state index is -0.900. The van der Waals surface area contributed by atoms with Crippen molar-refractivity contribution in [2.45, 2.75) is 32.5 Å². The summed E-state index contributed by atoms with van der Waals surface area (Å²) in [5.41, 5.74) is 3.08. The lowest BCUT2D eigenvalue weighted by Crippen LogP contribution is -2.02. The maximum atomic E-state index is 13.7. The lowest BCUT2D eigenvalue weighted by atomic mass is 10.2. The smallest absolute Gasteiger partial charge is 0.313 e. The van der Waals surface area contributed by atoms with Crippen LogP contribution >= 0.6 is 11.8 Å². The van der Waals surface area contributed by atoms with Gasteiger partial charge in [0, 0.05) is 12.6 Å². The quantitative estimate of drug-likeness (QED) is 0.677. The van der Waals surface area contributed by atoms with Crippen molar-refractivity contribution in [3.8, 4) is 0 Å². The number of carboxylic acids is 1. The molecule has 0 bridgehead atoms. The summed E-state index contributed by atoms with van der Waals surface area (Å²) in [6.45, 7) is 6.28. The first-order valence-electron chi connectivity index (χ1n) is 6.53. The number of allylic oxidation sites excluding steroid dienone is 2. The number of aryl methyl sites for hydroxylation is 1. The number of nitrogens with zero attached hydrogens (tertiary/aromatic N) is 2. The normalized spacial score (nSPS) is 10.9. The van der Waals surface area contributed by atoms with E-state index < -0.39 is 5.97 Å². The third-order valence-electron chi connectivity index (χ3n) is 3.00. The fourth-order valence-electron chi connectivity index (χ4n) is 1.91. The molecule has 1 N–H and O–H groups in total. The Labute approximate surface area is 126 Å². The van der Waals surface area contributed by atoms with Gasteiger partial charge in [0.25, 0.3) is 0 Å². The Kier molecular flexibility index (Phi) is 4.67. The summed E-state index contributed by atoms with van der Waals surface area (Å²) in [5, 5.41) is 9.41. The number of aromatic nitrogens is 2. The highest BCUT2D eigenvalue weighted by molar-refractivity contribution is 7.99. The standard InChI is InChI=1S/C15H17FN2O2S/c1-9(2)4-5-18-13-6-10(3)11(16)7-12(13)17-15(18)21-8-14(19)20/h4,6-7H,5,8H2,1-3H3,(H,19,20). The van der Waals surface area contributed by atoms with Gasteiger partial charge >= 0.3 is 5.97 Å². The number of carbonyl (C=O) groups is 1. The van der Waals surface area contributed by atoms with E-state index in [1.54, 1.807) is 13.0 Å². The van der Waals surface area contributed by atoms with E-state index in [1.165, 1.54) is 6.07 Å². The zero-order valence-corrected chi connectivity index (χ0v) is 13.0. The van der Waals surface area contributed by atoms with Crippen molar-refractivity contribution in [1.29, 1.82) is 0 Å². The molecule has 4 nitrogen and oxygen atoms in total. The molecule has 21 heavy (non-hydrogen) atoms. The number of hydrogen-bond acceptors (Lipinski definition) is 3. The van der Waals surface area contributed by atoms with Gasteiger partial charge in [0.2, 0.25) is 0 Å². The van der Waals surface area contributed by atoms with Crippen LogP contribution in [0.25, 0.3) is 11.0 Å². The fourth-order valence-corrected chi connectivity index (χ4v) is 2.66. The van der Waals surface area contributed by atoms with Crippen LogP contribution in [0.4, 0.5) is 4.39 Å². The van der Waals surface area contributed by atoms with Gasteiger partial charge in [-0.15, -0.1) is 0 Å². The van der Waals surface area contributed by atoms with Crippen LogP contribution in [-0.4, -0.2) is 26.4 Å². The molecule has 2 aromatic rings. The van der Waals surface area contributed by atoms with E-state index in [0.717, 1.165) is 22.9 Å². The number of thioether (sulfide) groups is 1. The molecule has 6 heteroatoms. The van der Waals surface area contributed by atoms with E-state index >= 15 is 0 Å². The number of hydrogen-bond donors (Lipinski definition) is 1. The Hall–Kier alpha value is -1.82. The molecule has 112 valence electrons. The third-order valence-corrected chi connectivity index (χ3v) is 3.96. The molecule has 0 aliphatic carbocycles. The van der Waals surface area contributed by atoms with Crippen LogP contribution in [0.1, 0.15) is 19.4 Å². The number of imidazole rings is 1. The SMILES string of the molecule is CC(C)=CCn1c(SCC(=O)O)nc2cc(F)c(C)cc21. The predicted molar refractivity (Wildman–Crippen MR) is 82.2 cm³/mol. The van der Waals surface area contributed by atoms with Gasteiger partial charge in [-0.3, -0.25) is 4.79 Å². The highest BCUT2D eigenvalue weighted by Gasteiger charge is 2.14. The van der Waals surface area contributed by atoms with Crippen LogP contribution in [-0.2, 0) is 11.3 Å². The highest BCUT2D eigenvalue weighted by Crippen LogP contribution is 2.26. The minimum Gasteiger partial charge on any atom is -0.481 e. The van der Waals surface area contributed by atoms with Crippen molar-refractivity contribution in [2.75, 3.05) is 5.75 Å². The van der Waals surface area contributed by atoms with Crippen molar-refractivity contribution in [2.24, 2.45) is 0 Å². The average molecular weight is 308 g/mol. The Morgan fingerprint density at radius 1 is 1.48 bits per heavy atom. The summed E-state index contributed by atoms with van der Waals surface area (Å²) >= 11 is 1.14. The Bertz CT molecular complexity index is 718. The molecule has 0 aliphatic heterocycles. The second kappa shape index (κ2) is 6.30. The average Bonchev–Trinajstić information content (AvgIpc) is 2.71. The maximum absolute atomic E-state index is 13.7. The maximum Gasteiger partial charge on any atom is 0.313 e. The van der Waals surface area contributed by atoms with Gasteiger partial charge in [-0.05, 0) is 32.4 Å². The Morgan fingerprint density at radius 3 is 2.81 bits per heavy atom. The number of fused-ring (bicyclic) bond motifs is 1. The van der Waals surface area contributed by atoms with E-state index in [1.807, 2.05) is 24.5 Å². The topological polar surface area (TPSA) is 55.1 Å². The molecule has 0 radical (unpaired) electrons. The first kappa shape index (κ1) is 15.6. The number of halogens is 1. The van der Waals surface area contributed by atoms with Crippen LogP contribution in [0.15, 0.2) is 28.9 Å². The lowest BCUT2D eigenvalue weighted by molar-refractivity contribution is -0.133. The summed E-state index contributed by atoms with van der Waals surface area (Å²) in [5.74, 6) is -1.27. The molecule has 0 fully saturated rings. The summed E-state index contributed by atoms with van der Waals surface area (Å²) in [6, 6.07) is 3.15. The molecule has 0 unspecified atom stereocenters. The number of benzene rings is 1. The predicted octanol–water partition coefficient (Wildman–Crippen LogP) is 3.63. The van der Waals surface area contributed by atoms with Gasteiger partial charge in [0.05, 0.1) is 16.8 Å². The van der Waals surface area contributed by atoms with Crippen molar-refractivity contribution < 1.29 is 14.3 Å². The molecule has 0 amide bonds. The van der Waals surface area contributed by atoms with Crippen molar-refractivity contribution in [1.82, 2.24) is 9.55 Å². The molecule has 0 atom stereocenters. The largest absolute Gasteiger partial charge is 0.481 e. The van der Waals surface area contributed by atoms with Crippen molar-refractivity contribution >= 4 is 28.8 Å². The molecule has 0 spiro atoms. The molecule has 0 saturated carbocycles. The van der Waals surface area contributed by atoms with E-state index in [4.69, 9.17) is 5.11 Å². The highest BCUT2D eigenvalue weighted by atomic mass is 32.2. The number of carboxylic acid groups (broad SMARTS) is 1. The van der Waals surface area contributed by atoms with E-state index in [9.17, 15) is 9.18 Å². The van der Waals surface area contributed by atoms with Gasteiger partial charge in [0.1, 0.15) is 5.82 Å². The summed E-state index contributed by atoms with van der Waals surface area (Å²) in [4.78, 5) is 15.1. The lowest BCUT2D eigenvalue weighted by Gasteiger charge is -2.06. The zero-order valence-electron chi connectivity index (χ0n) is 12.2. The number of rotatable bonds is 5. The van der Waals surface area contributed by atoms with Crippen LogP contribution in [0.2, 0.25) is 0 Å². The van der Waals surface area contributed by atoms with Gasteiger partial charge in [-0.25, -0.2) is 9.37 Å². The molecule has 1 aromatic heterocycles. The van der Waals surface area contributed by atoms with Crippen LogP contribution in [0, 0.1) is 12.7 Å². The van der Waals surface area contributed by atoms with Gasteiger partial charge in [-0.2, -0.15) is 0 Å². The van der Waals surface area contributed by atoms with Gasteiger partial charge in [0.15, 0.2) is 5.16 Å².